The minimum absolute atomic E-state index is 0.0873. The van der Waals surface area contributed by atoms with Crippen LogP contribution in [0.2, 0.25) is 0 Å². The zero-order chi connectivity index (χ0) is 50.7. The van der Waals surface area contributed by atoms with Gasteiger partial charge in [0.2, 0.25) is 0 Å². The molecule has 0 aromatic heterocycles. The molecule has 0 aliphatic carbocycles. The Kier molecular flexibility index (Phi) is 54.4. The second-order valence-electron chi connectivity index (χ2n) is 18.8. The Labute approximate surface area is 431 Å². The van der Waals surface area contributed by atoms with Gasteiger partial charge in [0, 0.05) is 19.3 Å². The van der Waals surface area contributed by atoms with Crippen molar-refractivity contribution in [3.8, 4) is 0 Å². The zero-order valence-electron chi connectivity index (χ0n) is 45.5. The molecule has 0 spiro atoms. The molecule has 0 aliphatic rings. The molecule has 0 fully saturated rings. The van der Waals surface area contributed by atoms with Crippen molar-refractivity contribution in [1.29, 1.82) is 0 Å². The van der Waals surface area contributed by atoms with Crippen LogP contribution in [0, 0.1) is 0 Å². The maximum Gasteiger partial charge on any atom is 0.306 e. The monoisotopic (exact) mass is 971 g/mol. The molecule has 0 saturated heterocycles. The predicted molar refractivity (Wildman–Crippen MR) is 302 cm³/mol. The van der Waals surface area contributed by atoms with E-state index in [1.165, 1.54) is 83.5 Å². The van der Waals surface area contributed by atoms with E-state index in [2.05, 4.69) is 130 Å². The minimum atomic E-state index is -0.790. The van der Waals surface area contributed by atoms with Gasteiger partial charge >= 0.3 is 17.9 Å². The van der Waals surface area contributed by atoms with Crippen LogP contribution < -0.4 is 0 Å². The standard InChI is InChI=1S/C64H106O6/c1-4-7-10-13-16-19-21-23-25-27-29-31-32-34-35-37-39-41-43-45-48-51-54-57-63(66)69-60-61(59-68-62(65)56-53-50-47-18-15-12-9-6-3)70-64(67)58-55-52-49-46-44-42-40-38-36-33-30-28-26-24-22-20-17-14-11-8-5-2/h7-8,10-11,16-17,19-20,23-26,29-31,33,38,40,61H,4-6,9,12-15,18,21-22,27-28,32,34-37,39,41-60H2,1-3H3/b10-7-,11-8-,19-16-,20-17-,25-23-,26-24-,31-29-,33-30-,40-38-. The van der Waals surface area contributed by atoms with Gasteiger partial charge in [0.05, 0.1) is 0 Å². The minimum Gasteiger partial charge on any atom is -0.462 e. The third kappa shape index (κ3) is 55.0. The molecule has 0 amide bonds. The Morgan fingerprint density at radius 1 is 0.300 bits per heavy atom. The molecule has 0 aromatic carbocycles. The molecule has 0 aromatic rings. The van der Waals surface area contributed by atoms with Crippen molar-refractivity contribution in [2.24, 2.45) is 0 Å². The fourth-order valence-corrected chi connectivity index (χ4v) is 7.75. The van der Waals surface area contributed by atoms with Gasteiger partial charge in [-0.3, -0.25) is 14.4 Å². The van der Waals surface area contributed by atoms with Crippen molar-refractivity contribution < 1.29 is 28.6 Å². The Morgan fingerprint density at radius 2 is 0.557 bits per heavy atom. The van der Waals surface area contributed by atoms with Crippen LogP contribution >= 0.6 is 0 Å². The van der Waals surface area contributed by atoms with Crippen LogP contribution in [0.15, 0.2) is 109 Å². The summed E-state index contributed by atoms with van der Waals surface area (Å²) in [7, 11) is 0. The molecule has 0 saturated carbocycles. The first kappa shape index (κ1) is 66.1. The van der Waals surface area contributed by atoms with Gasteiger partial charge in [0.25, 0.3) is 0 Å². The van der Waals surface area contributed by atoms with E-state index < -0.39 is 6.10 Å². The summed E-state index contributed by atoms with van der Waals surface area (Å²) in [4.78, 5) is 38.0. The number of ether oxygens (including phenoxy) is 3. The average molecular weight is 972 g/mol. The van der Waals surface area contributed by atoms with E-state index >= 15 is 0 Å². The van der Waals surface area contributed by atoms with Crippen LogP contribution in [0.3, 0.4) is 0 Å². The third-order valence-electron chi connectivity index (χ3n) is 12.0. The second-order valence-corrected chi connectivity index (χ2v) is 18.8. The third-order valence-corrected chi connectivity index (χ3v) is 12.0. The molecular weight excluding hydrogens is 865 g/mol. The lowest BCUT2D eigenvalue weighted by molar-refractivity contribution is -0.167. The maximum absolute atomic E-state index is 12.8. The molecule has 0 heterocycles. The summed E-state index contributed by atoms with van der Waals surface area (Å²) in [5.74, 6) is -0.914. The molecule has 6 nitrogen and oxygen atoms in total. The zero-order valence-corrected chi connectivity index (χ0v) is 45.5. The first-order chi connectivity index (χ1) is 34.5. The van der Waals surface area contributed by atoms with Gasteiger partial charge in [-0.2, -0.15) is 0 Å². The lowest BCUT2D eigenvalue weighted by Gasteiger charge is -2.18. The number of rotatable bonds is 51. The number of allylic oxidation sites excluding steroid dienone is 18. The van der Waals surface area contributed by atoms with Crippen molar-refractivity contribution in [3.63, 3.8) is 0 Å². The highest BCUT2D eigenvalue weighted by atomic mass is 16.6. The summed E-state index contributed by atoms with van der Waals surface area (Å²) in [6.45, 7) is 6.37. The van der Waals surface area contributed by atoms with Gasteiger partial charge in [0.1, 0.15) is 13.2 Å². The lowest BCUT2D eigenvalue weighted by atomic mass is 10.1. The van der Waals surface area contributed by atoms with Gasteiger partial charge in [0.15, 0.2) is 6.10 Å². The summed E-state index contributed by atoms with van der Waals surface area (Å²) in [6, 6.07) is 0. The molecule has 0 N–H and O–H groups in total. The Hall–Kier alpha value is -3.93. The van der Waals surface area contributed by atoms with Crippen molar-refractivity contribution in [3.05, 3.63) is 109 Å². The highest BCUT2D eigenvalue weighted by Crippen LogP contribution is 2.15. The molecule has 398 valence electrons. The van der Waals surface area contributed by atoms with Crippen LogP contribution in [-0.4, -0.2) is 37.2 Å². The number of carbonyl (C=O) groups excluding carboxylic acids is 3. The fourth-order valence-electron chi connectivity index (χ4n) is 7.75. The average Bonchev–Trinajstić information content (AvgIpc) is 3.36. The van der Waals surface area contributed by atoms with Crippen molar-refractivity contribution in [2.45, 2.75) is 264 Å². The Balaban J connectivity index is 4.29. The fraction of sp³-hybridized carbons (Fsp3) is 0.672. The Morgan fingerprint density at radius 3 is 0.871 bits per heavy atom. The molecule has 70 heavy (non-hydrogen) atoms. The summed E-state index contributed by atoms with van der Waals surface area (Å²) in [5, 5.41) is 0. The largest absolute Gasteiger partial charge is 0.462 e. The molecule has 1 atom stereocenters. The molecule has 0 radical (unpaired) electrons. The number of hydrogen-bond acceptors (Lipinski definition) is 6. The van der Waals surface area contributed by atoms with E-state index in [9.17, 15) is 14.4 Å². The first-order valence-electron chi connectivity index (χ1n) is 28.9. The number of hydrogen-bond donors (Lipinski definition) is 0. The summed E-state index contributed by atoms with van der Waals surface area (Å²) >= 11 is 0. The first-order valence-corrected chi connectivity index (χ1v) is 28.9. The van der Waals surface area contributed by atoms with Crippen LogP contribution in [0.4, 0.5) is 0 Å². The van der Waals surface area contributed by atoms with Crippen LogP contribution in [0.25, 0.3) is 0 Å². The number of carbonyl (C=O) groups is 3. The number of unbranched alkanes of at least 4 members (excludes halogenated alkanes) is 22. The normalized spacial score (nSPS) is 12.9. The molecule has 0 rings (SSSR count). The van der Waals surface area contributed by atoms with Crippen LogP contribution in [-0.2, 0) is 28.6 Å². The number of esters is 3. The summed E-state index contributed by atoms with van der Waals surface area (Å²) in [6.07, 6.45) is 78.0. The topological polar surface area (TPSA) is 78.9 Å². The van der Waals surface area contributed by atoms with Crippen molar-refractivity contribution in [1.82, 2.24) is 0 Å². The van der Waals surface area contributed by atoms with Crippen molar-refractivity contribution in [2.75, 3.05) is 13.2 Å². The molecule has 0 bridgehead atoms. The second kappa shape index (κ2) is 57.6. The smallest absolute Gasteiger partial charge is 0.306 e. The van der Waals surface area contributed by atoms with E-state index in [-0.39, 0.29) is 31.1 Å². The van der Waals surface area contributed by atoms with E-state index in [1.807, 2.05) is 0 Å². The predicted octanol–water partition coefficient (Wildman–Crippen LogP) is 19.5. The molecule has 1 unspecified atom stereocenters. The summed E-state index contributed by atoms with van der Waals surface area (Å²) in [5.41, 5.74) is 0. The van der Waals surface area contributed by atoms with Gasteiger partial charge < -0.3 is 14.2 Å². The summed E-state index contributed by atoms with van der Waals surface area (Å²) < 4.78 is 16.8. The quantitative estimate of drug-likeness (QED) is 0.0262. The Bertz CT molecular complexity index is 1440. The van der Waals surface area contributed by atoms with E-state index in [0.717, 1.165) is 135 Å². The molecule has 0 aliphatic heterocycles. The highest BCUT2D eigenvalue weighted by Gasteiger charge is 2.19. The van der Waals surface area contributed by atoms with Gasteiger partial charge in [-0.05, 0) is 103 Å². The lowest BCUT2D eigenvalue weighted by Crippen LogP contribution is -2.30. The van der Waals surface area contributed by atoms with Gasteiger partial charge in [-0.15, -0.1) is 0 Å². The van der Waals surface area contributed by atoms with Gasteiger partial charge in [-0.25, -0.2) is 0 Å². The SMILES string of the molecule is CC/C=C\C/C=C\C/C=C\C/C=C\C/C=C\CCCCCCCC(=O)OC(COC(=O)CCCCCCCCCC)COC(=O)CCCCCCCCCCCC/C=C\C/C=C\C/C=C\C/C=C\CC. The maximum atomic E-state index is 12.8. The highest BCUT2D eigenvalue weighted by molar-refractivity contribution is 5.71. The van der Waals surface area contributed by atoms with Crippen molar-refractivity contribution >= 4 is 17.9 Å². The van der Waals surface area contributed by atoms with E-state index in [4.69, 9.17) is 14.2 Å². The molecular formula is C64H106O6. The van der Waals surface area contributed by atoms with E-state index in [1.54, 1.807) is 0 Å². The van der Waals surface area contributed by atoms with Crippen LogP contribution in [0.5, 0.6) is 0 Å². The molecule has 6 heteroatoms. The van der Waals surface area contributed by atoms with Gasteiger partial charge in [-0.1, -0.05) is 246 Å². The van der Waals surface area contributed by atoms with E-state index in [0.29, 0.717) is 19.3 Å². The van der Waals surface area contributed by atoms with Crippen LogP contribution in [0.1, 0.15) is 258 Å².